The highest BCUT2D eigenvalue weighted by Gasteiger charge is 1.92. The van der Waals surface area contributed by atoms with Gasteiger partial charge in [-0.3, -0.25) is 0 Å². The molecule has 0 nitrogen and oxygen atoms in total. The predicted molar refractivity (Wildman–Crippen MR) is 69.7 cm³/mol. The molecule has 0 N–H and O–H groups in total. The van der Waals surface area contributed by atoms with Gasteiger partial charge >= 0.3 is 0 Å². The third kappa shape index (κ3) is 12.3. The monoisotopic (exact) mass is 215 g/mol. The lowest BCUT2D eigenvalue weighted by Crippen LogP contribution is -1.81. The molecule has 1 radical (unpaired) electrons. The van der Waals surface area contributed by atoms with E-state index in [4.69, 9.17) is 0 Å². The van der Waals surface area contributed by atoms with E-state index in [1.165, 1.54) is 63.5 Å². The molecule has 0 aromatic rings. The highest BCUT2D eigenvalue weighted by molar-refractivity contribution is 8.01. The largest absolute Gasteiger partial charge is 0.157 e. The highest BCUT2D eigenvalue weighted by Crippen LogP contribution is 2.15. The predicted octanol–water partition coefficient (Wildman–Crippen LogP) is 5.43. The summed E-state index contributed by atoms with van der Waals surface area (Å²) in [6.45, 7) is 4.53. The maximum absolute atomic E-state index is 2.41. The van der Waals surface area contributed by atoms with Crippen molar-refractivity contribution >= 4 is 11.8 Å². The van der Waals surface area contributed by atoms with Crippen LogP contribution in [0.1, 0.15) is 71.6 Å². The molecule has 0 amide bonds. The smallest absolute Gasteiger partial charge is 0.0166 e. The Bertz CT molecular complexity index is 79.2. The van der Waals surface area contributed by atoms with Gasteiger partial charge in [0.1, 0.15) is 0 Å². The van der Waals surface area contributed by atoms with Crippen LogP contribution >= 0.6 is 11.8 Å². The lowest BCUT2D eigenvalue weighted by atomic mass is 10.1. The molecule has 0 aliphatic carbocycles. The van der Waals surface area contributed by atoms with Gasteiger partial charge in [-0.25, -0.2) is 0 Å². The lowest BCUT2D eigenvalue weighted by molar-refractivity contribution is 0.609. The average molecular weight is 215 g/mol. The van der Waals surface area contributed by atoms with Crippen LogP contribution in [0.4, 0.5) is 0 Å². The highest BCUT2D eigenvalue weighted by atomic mass is 32.2. The van der Waals surface area contributed by atoms with Gasteiger partial charge in [-0.05, 0) is 18.6 Å². The molecule has 0 heterocycles. The Balaban J connectivity index is 2.78. The molecule has 1 heteroatoms. The van der Waals surface area contributed by atoms with Gasteiger partial charge in [-0.2, -0.15) is 11.8 Å². The second-order valence-corrected chi connectivity index (χ2v) is 5.02. The van der Waals surface area contributed by atoms with E-state index in [9.17, 15) is 0 Å². The van der Waals surface area contributed by atoms with Crippen LogP contribution in [-0.2, 0) is 0 Å². The number of rotatable bonds is 11. The molecule has 0 atom stereocenters. The molecule has 0 unspecified atom stereocenters. The maximum Gasteiger partial charge on any atom is 0.0166 e. The van der Waals surface area contributed by atoms with E-state index in [2.05, 4.69) is 19.6 Å². The minimum atomic E-state index is 1.32. The molecular formula is C13H27S. The second-order valence-electron chi connectivity index (χ2n) is 3.95. The summed E-state index contributed by atoms with van der Waals surface area (Å²) >= 11 is 2.02. The van der Waals surface area contributed by atoms with Gasteiger partial charge in [0.25, 0.3) is 0 Å². The van der Waals surface area contributed by atoms with Crippen LogP contribution in [0.5, 0.6) is 0 Å². The molecule has 85 valence electrons. The first-order chi connectivity index (χ1) is 6.91. The summed E-state index contributed by atoms with van der Waals surface area (Å²) in [6, 6.07) is 0. The quantitative estimate of drug-likeness (QED) is 0.414. The Hall–Kier alpha value is 0.350. The molecule has 0 bridgehead atoms. The Morgan fingerprint density at radius 1 is 0.786 bits per heavy atom. The Morgan fingerprint density at radius 3 is 2.14 bits per heavy atom. The number of hydrogen-bond acceptors (Lipinski definition) is 1. The van der Waals surface area contributed by atoms with E-state index >= 15 is 0 Å². The van der Waals surface area contributed by atoms with Crippen molar-refractivity contribution in [2.45, 2.75) is 71.6 Å². The van der Waals surface area contributed by atoms with Gasteiger partial charge in [-0.15, -0.1) is 0 Å². The van der Waals surface area contributed by atoms with E-state index in [-0.39, 0.29) is 0 Å². The average Bonchev–Trinajstić information content (AvgIpc) is 2.21. The van der Waals surface area contributed by atoms with Crippen molar-refractivity contribution in [2.75, 3.05) is 5.75 Å². The molecule has 0 fully saturated rings. The number of unbranched alkanes of at least 4 members (excludes halogenated alkanes) is 7. The Morgan fingerprint density at radius 2 is 1.43 bits per heavy atom. The summed E-state index contributed by atoms with van der Waals surface area (Å²) in [5.74, 6) is 3.74. The molecule has 0 rings (SSSR count). The Kier molecular flexibility index (Phi) is 13.7. The van der Waals surface area contributed by atoms with Gasteiger partial charge in [0.05, 0.1) is 0 Å². The molecular weight excluding hydrogens is 188 g/mol. The van der Waals surface area contributed by atoms with Gasteiger partial charge in [0, 0.05) is 5.75 Å². The SMILES string of the molecule is CCCCCCCC[CH]SCCCC. The fraction of sp³-hybridized carbons (Fsp3) is 0.923. The van der Waals surface area contributed by atoms with Crippen molar-refractivity contribution in [3.05, 3.63) is 5.75 Å². The van der Waals surface area contributed by atoms with Crippen molar-refractivity contribution in [1.82, 2.24) is 0 Å². The second kappa shape index (κ2) is 13.4. The van der Waals surface area contributed by atoms with Gasteiger partial charge in [0.2, 0.25) is 0 Å². The fourth-order valence-electron chi connectivity index (χ4n) is 1.40. The summed E-state index contributed by atoms with van der Waals surface area (Å²) in [7, 11) is 0. The Labute approximate surface area is 95.2 Å². The van der Waals surface area contributed by atoms with E-state index < -0.39 is 0 Å². The fourth-order valence-corrected chi connectivity index (χ4v) is 2.36. The topological polar surface area (TPSA) is 0 Å². The van der Waals surface area contributed by atoms with Crippen LogP contribution in [0.3, 0.4) is 0 Å². The van der Waals surface area contributed by atoms with Crippen molar-refractivity contribution in [3.8, 4) is 0 Å². The number of thioether (sulfide) groups is 1. The number of hydrogen-bond donors (Lipinski definition) is 0. The third-order valence-electron chi connectivity index (χ3n) is 2.41. The summed E-state index contributed by atoms with van der Waals surface area (Å²) in [5, 5.41) is 0. The van der Waals surface area contributed by atoms with Gasteiger partial charge in [0.15, 0.2) is 0 Å². The molecule has 0 saturated carbocycles. The summed E-state index contributed by atoms with van der Waals surface area (Å²) < 4.78 is 0. The zero-order valence-electron chi connectivity index (χ0n) is 10.1. The van der Waals surface area contributed by atoms with Crippen LogP contribution in [0.15, 0.2) is 0 Å². The third-order valence-corrected chi connectivity index (χ3v) is 3.40. The normalized spacial score (nSPS) is 10.7. The molecule has 0 saturated heterocycles. The molecule has 0 aromatic carbocycles. The first-order valence-electron chi connectivity index (χ1n) is 6.35. The van der Waals surface area contributed by atoms with Crippen LogP contribution in [0.2, 0.25) is 0 Å². The molecule has 0 aliphatic heterocycles. The lowest BCUT2D eigenvalue weighted by Gasteiger charge is -2.01. The summed E-state index contributed by atoms with van der Waals surface area (Å²) in [5.41, 5.74) is 0. The van der Waals surface area contributed by atoms with Crippen LogP contribution in [0.25, 0.3) is 0 Å². The van der Waals surface area contributed by atoms with Crippen molar-refractivity contribution in [3.63, 3.8) is 0 Å². The van der Waals surface area contributed by atoms with E-state index in [0.717, 1.165) is 0 Å². The van der Waals surface area contributed by atoms with E-state index in [1.54, 1.807) is 0 Å². The van der Waals surface area contributed by atoms with E-state index in [0.29, 0.717) is 0 Å². The van der Waals surface area contributed by atoms with Crippen LogP contribution < -0.4 is 0 Å². The zero-order valence-corrected chi connectivity index (χ0v) is 10.9. The first kappa shape index (κ1) is 14.3. The van der Waals surface area contributed by atoms with E-state index in [1.807, 2.05) is 11.8 Å². The molecule has 0 spiro atoms. The summed E-state index contributed by atoms with van der Waals surface area (Å²) in [6.07, 6.45) is 12.5. The molecule has 0 aromatic heterocycles. The van der Waals surface area contributed by atoms with Gasteiger partial charge in [-0.1, -0.05) is 58.8 Å². The van der Waals surface area contributed by atoms with Crippen LogP contribution in [0, 0.1) is 5.75 Å². The van der Waals surface area contributed by atoms with Crippen LogP contribution in [-0.4, -0.2) is 5.75 Å². The molecule has 14 heavy (non-hydrogen) atoms. The van der Waals surface area contributed by atoms with Crippen molar-refractivity contribution in [2.24, 2.45) is 0 Å². The standard InChI is InChI=1S/C13H27S/c1-3-5-7-8-9-10-11-13-14-12-6-4-2/h13H,3-12H2,1-2H3. The zero-order chi connectivity index (χ0) is 10.5. The molecule has 0 aliphatic rings. The van der Waals surface area contributed by atoms with Gasteiger partial charge < -0.3 is 0 Å². The van der Waals surface area contributed by atoms with Crippen molar-refractivity contribution in [1.29, 1.82) is 0 Å². The summed E-state index contributed by atoms with van der Waals surface area (Å²) in [4.78, 5) is 0. The minimum absolute atomic E-state index is 1.32. The van der Waals surface area contributed by atoms with Crippen molar-refractivity contribution < 1.29 is 0 Å². The first-order valence-corrected chi connectivity index (χ1v) is 7.40. The maximum atomic E-state index is 2.41. The minimum Gasteiger partial charge on any atom is -0.157 e.